The monoisotopic (exact) mass is 296 g/mol. The minimum absolute atomic E-state index is 0.175. The largest absolute Gasteiger partial charge is 0.383 e. The molecule has 0 atom stereocenters. The molecule has 6 nitrogen and oxygen atoms in total. The third-order valence-corrected chi connectivity index (χ3v) is 3.23. The molecule has 0 aromatic carbocycles. The number of carbonyl (C=O) groups is 1. The lowest BCUT2D eigenvalue weighted by molar-refractivity contribution is 0.101. The van der Waals surface area contributed by atoms with Crippen molar-refractivity contribution in [2.45, 2.75) is 26.9 Å². The molecule has 0 aliphatic carbocycles. The molecule has 2 heterocycles. The van der Waals surface area contributed by atoms with E-state index < -0.39 is 0 Å². The average molecular weight is 297 g/mol. The lowest BCUT2D eigenvalue weighted by atomic mass is 10.2. The summed E-state index contributed by atoms with van der Waals surface area (Å²) in [7, 11) is 1.60. The molecule has 108 valence electrons. The minimum Gasteiger partial charge on any atom is -0.383 e. The summed E-state index contributed by atoms with van der Waals surface area (Å²) in [4.78, 5) is 12.7. The molecule has 7 heteroatoms. The van der Waals surface area contributed by atoms with Gasteiger partial charge in [0.05, 0.1) is 30.1 Å². The van der Waals surface area contributed by atoms with Crippen LogP contribution in [-0.4, -0.2) is 39.1 Å². The summed E-state index contributed by atoms with van der Waals surface area (Å²) in [6, 6.07) is 1.76. The Morgan fingerprint density at radius 1 is 1.45 bits per heavy atom. The molecule has 0 saturated heterocycles. The van der Waals surface area contributed by atoms with Crippen LogP contribution in [0.3, 0.4) is 0 Å². The second-order valence-corrected chi connectivity index (χ2v) is 4.78. The molecule has 0 spiro atoms. The van der Waals surface area contributed by atoms with Gasteiger partial charge in [-0.15, -0.1) is 0 Å². The Hall–Kier alpha value is -1.66. The summed E-state index contributed by atoms with van der Waals surface area (Å²) in [5, 5.41) is 8.74. The SMILES string of the molecule is CCn1nc(C)cc1C(=O)c1c(Cl)cnn1CCOC. The van der Waals surface area contributed by atoms with Crippen molar-refractivity contribution in [2.75, 3.05) is 13.7 Å². The van der Waals surface area contributed by atoms with Crippen LogP contribution < -0.4 is 0 Å². The molecule has 2 aromatic heterocycles. The highest BCUT2D eigenvalue weighted by atomic mass is 35.5. The van der Waals surface area contributed by atoms with Gasteiger partial charge in [-0.1, -0.05) is 11.6 Å². The number of aromatic nitrogens is 4. The van der Waals surface area contributed by atoms with Crippen molar-refractivity contribution in [1.29, 1.82) is 0 Å². The lowest BCUT2D eigenvalue weighted by Gasteiger charge is -2.07. The molecule has 0 fully saturated rings. The molecular weight excluding hydrogens is 280 g/mol. The van der Waals surface area contributed by atoms with Gasteiger partial charge in [-0.2, -0.15) is 10.2 Å². The predicted octanol–water partition coefficient (Wildman–Crippen LogP) is 1.94. The number of hydrogen-bond donors (Lipinski definition) is 0. The van der Waals surface area contributed by atoms with Crippen LogP contribution in [0.4, 0.5) is 0 Å². The number of methoxy groups -OCH3 is 1. The predicted molar refractivity (Wildman–Crippen MR) is 75.2 cm³/mol. The third kappa shape index (κ3) is 2.76. The van der Waals surface area contributed by atoms with E-state index in [0.29, 0.717) is 36.1 Å². The van der Waals surface area contributed by atoms with E-state index in [1.54, 1.807) is 22.5 Å². The van der Waals surface area contributed by atoms with Crippen LogP contribution in [0, 0.1) is 6.92 Å². The highest BCUT2D eigenvalue weighted by molar-refractivity contribution is 6.34. The molecule has 0 N–H and O–H groups in total. The van der Waals surface area contributed by atoms with Crippen LogP contribution in [0.15, 0.2) is 12.3 Å². The van der Waals surface area contributed by atoms with Crippen LogP contribution in [0.1, 0.15) is 28.8 Å². The molecule has 0 aliphatic rings. The Bertz CT molecular complexity index is 618. The molecule has 0 bridgehead atoms. The Labute approximate surface area is 122 Å². The van der Waals surface area contributed by atoms with Gasteiger partial charge in [0, 0.05) is 13.7 Å². The smallest absolute Gasteiger partial charge is 0.230 e. The maximum absolute atomic E-state index is 12.7. The highest BCUT2D eigenvalue weighted by Crippen LogP contribution is 2.20. The van der Waals surface area contributed by atoms with Crippen LogP contribution in [0.5, 0.6) is 0 Å². The van der Waals surface area contributed by atoms with E-state index in [4.69, 9.17) is 16.3 Å². The number of aryl methyl sites for hydroxylation is 2. The van der Waals surface area contributed by atoms with Gasteiger partial charge in [0.15, 0.2) is 0 Å². The van der Waals surface area contributed by atoms with Crippen LogP contribution in [0.2, 0.25) is 5.02 Å². The fourth-order valence-electron chi connectivity index (χ4n) is 2.03. The second-order valence-electron chi connectivity index (χ2n) is 4.37. The minimum atomic E-state index is -0.175. The van der Waals surface area contributed by atoms with E-state index in [1.165, 1.54) is 6.20 Å². The third-order valence-electron chi connectivity index (χ3n) is 2.95. The maximum atomic E-state index is 12.7. The highest BCUT2D eigenvalue weighted by Gasteiger charge is 2.22. The first-order valence-corrected chi connectivity index (χ1v) is 6.75. The van der Waals surface area contributed by atoms with Crippen molar-refractivity contribution in [1.82, 2.24) is 19.6 Å². The van der Waals surface area contributed by atoms with E-state index in [1.807, 2.05) is 13.8 Å². The van der Waals surface area contributed by atoms with E-state index in [0.717, 1.165) is 5.69 Å². The molecular formula is C13H17ClN4O2. The fraction of sp³-hybridized carbons (Fsp3) is 0.462. The summed E-state index contributed by atoms with van der Waals surface area (Å²) >= 11 is 6.10. The number of ketones is 1. The van der Waals surface area contributed by atoms with Gasteiger partial charge in [-0.05, 0) is 19.9 Å². The first-order chi connectivity index (χ1) is 9.58. The van der Waals surface area contributed by atoms with E-state index in [9.17, 15) is 4.79 Å². The summed E-state index contributed by atoms with van der Waals surface area (Å²) in [6.45, 7) is 5.35. The van der Waals surface area contributed by atoms with Gasteiger partial charge < -0.3 is 4.74 Å². The Balaban J connectivity index is 2.39. The van der Waals surface area contributed by atoms with Gasteiger partial charge in [0.1, 0.15) is 11.4 Å². The number of nitrogens with zero attached hydrogens (tertiary/aromatic N) is 4. The Morgan fingerprint density at radius 3 is 2.85 bits per heavy atom. The zero-order valence-corrected chi connectivity index (χ0v) is 12.5. The van der Waals surface area contributed by atoms with Crippen LogP contribution in [-0.2, 0) is 17.8 Å². The molecule has 0 radical (unpaired) electrons. The van der Waals surface area contributed by atoms with Crippen molar-refractivity contribution in [3.63, 3.8) is 0 Å². The number of halogens is 1. The molecule has 0 saturated carbocycles. The van der Waals surface area contributed by atoms with Crippen LogP contribution >= 0.6 is 11.6 Å². The van der Waals surface area contributed by atoms with E-state index in [2.05, 4.69) is 10.2 Å². The fourth-order valence-corrected chi connectivity index (χ4v) is 2.25. The molecule has 2 rings (SSSR count). The van der Waals surface area contributed by atoms with Gasteiger partial charge in [-0.3, -0.25) is 14.2 Å². The number of ether oxygens (including phenoxy) is 1. The van der Waals surface area contributed by atoms with E-state index in [-0.39, 0.29) is 5.78 Å². The molecule has 0 amide bonds. The first-order valence-electron chi connectivity index (χ1n) is 6.37. The molecule has 0 aliphatic heterocycles. The van der Waals surface area contributed by atoms with Crippen molar-refractivity contribution in [3.8, 4) is 0 Å². The van der Waals surface area contributed by atoms with Gasteiger partial charge >= 0.3 is 0 Å². The zero-order valence-electron chi connectivity index (χ0n) is 11.8. The maximum Gasteiger partial charge on any atom is 0.230 e. The number of hydrogen-bond acceptors (Lipinski definition) is 4. The summed E-state index contributed by atoms with van der Waals surface area (Å²) in [5.74, 6) is -0.175. The van der Waals surface area contributed by atoms with Gasteiger partial charge in [-0.25, -0.2) is 0 Å². The first kappa shape index (κ1) is 14.7. The topological polar surface area (TPSA) is 61.9 Å². The second kappa shape index (κ2) is 6.19. The van der Waals surface area contributed by atoms with Crippen molar-refractivity contribution in [2.24, 2.45) is 0 Å². The van der Waals surface area contributed by atoms with Crippen LogP contribution in [0.25, 0.3) is 0 Å². The summed E-state index contributed by atoms with van der Waals surface area (Å²) < 4.78 is 8.25. The molecule has 0 unspecified atom stereocenters. The van der Waals surface area contributed by atoms with E-state index >= 15 is 0 Å². The Morgan fingerprint density at radius 2 is 2.20 bits per heavy atom. The van der Waals surface area contributed by atoms with Crippen molar-refractivity contribution in [3.05, 3.63) is 34.4 Å². The van der Waals surface area contributed by atoms with Crippen molar-refractivity contribution < 1.29 is 9.53 Å². The normalized spacial score (nSPS) is 11.0. The summed E-state index contributed by atoms with van der Waals surface area (Å²) in [5.41, 5.74) is 1.69. The zero-order chi connectivity index (χ0) is 14.7. The number of rotatable bonds is 6. The quantitative estimate of drug-likeness (QED) is 0.764. The van der Waals surface area contributed by atoms with Gasteiger partial charge in [0.2, 0.25) is 5.78 Å². The Kier molecular flexibility index (Phi) is 4.57. The molecule has 20 heavy (non-hydrogen) atoms. The average Bonchev–Trinajstić information content (AvgIpc) is 2.98. The molecule has 2 aromatic rings. The summed E-state index contributed by atoms with van der Waals surface area (Å²) in [6.07, 6.45) is 1.48. The van der Waals surface area contributed by atoms with Crippen molar-refractivity contribution >= 4 is 17.4 Å². The number of carbonyl (C=O) groups excluding carboxylic acids is 1. The lowest BCUT2D eigenvalue weighted by Crippen LogP contribution is -2.17. The standard InChI is InChI=1S/C13H17ClN4O2/c1-4-17-11(7-9(2)16-17)13(19)12-10(14)8-15-18(12)5-6-20-3/h7-8H,4-6H2,1-3H3. The van der Waals surface area contributed by atoms with Gasteiger partial charge in [0.25, 0.3) is 0 Å².